The number of pyridine rings is 1. The molecule has 1 N–H and O–H groups in total. The number of alkyl halides is 3. The summed E-state index contributed by atoms with van der Waals surface area (Å²) < 4.78 is 37.5. The van der Waals surface area contributed by atoms with E-state index in [2.05, 4.69) is 16.9 Å². The Labute approximate surface area is 127 Å². The second-order valence-corrected chi connectivity index (χ2v) is 5.23. The molecule has 120 valence electrons. The SMILES string of the molecule is C=CCCC(=O)NC1CCN(c2ccc(C(F)(F)F)cn2)C1. The summed E-state index contributed by atoms with van der Waals surface area (Å²) in [6.45, 7) is 4.78. The van der Waals surface area contributed by atoms with Gasteiger partial charge in [-0.05, 0) is 25.0 Å². The van der Waals surface area contributed by atoms with Crippen molar-refractivity contribution in [3.63, 3.8) is 0 Å². The average molecular weight is 313 g/mol. The Morgan fingerprint density at radius 2 is 2.27 bits per heavy atom. The van der Waals surface area contributed by atoms with Crippen molar-refractivity contribution in [2.75, 3.05) is 18.0 Å². The molecule has 0 aliphatic carbocycles. The van der Waals surface area contributed by atoms with Gasteiger partial charge in [-0.15, -0.1) is 6.58 Å². The van der Waals surface area contributed by atoms with Crippen LogP contribution in [0, 0.1) is 0 Å². The number of anilines is 1. The van der Waals surface area contributed by atoms with Crippen LogP contribution in [0.4, 0.5) is 19.0 Å². The first kappa shape index (κ1) is 16.3. The van der Waals surface area contributed by atoms with E-state index in [1.165, 1.54) is 6.07 Å². The molecule has 1 saturated heterocycles. The number of allylic oxidation sites excluding steroid dienone is 1. The number of amides is 1. The van der Waals surface area contributed by atoms with Gasteiger partial charge in [0.25, 0.3) is 0 Å². The van der Waals surface area contributed by atoms with Gasteiger partial charge in [0.1, 0.15) is 5.82 Å². The first-order valence-corrected chi connectivity index (χ1v) is 7.08. The minimum absolute atomic E-state index is 0.00130. The summed E-state index contributed by atoms with van der Waals surface area (Å²) in [5.74, 6) is 0.461. The van der Waals surface area contributed by atoms with E-state index < -0.39 is 11.7 Å². The molecule has 1 unspecified atom stereocenters. The van der Waals surface area contributed by atoms with Crippen molar-refractivity contribution < 1.29 is 18.0 Å². The molecule has 1 aliphatic heterocycles. The third-order valence-corrected chi connectivity index (χ3v) is 3.53. The first-order chi connectivity index (χ1) is 10.4. The van der Waals surface area contributed by atoms with Gasteiger partial charge in [-0.3, -0.25) is 4.79 Å². The molecule has 1 aromatic heterocycles. The number of nitrogens with zero attached hydrogens (tertiary/aromatic N) is 2. The normalized spacial score (nSPS) is 18.3. The van der Waals surface area contributed by atoms with Gasteiger partial charge in [0.15, 0.2) is 0 Å². The van der Waals surface area contributed by atoms with Crippen LogP contribution in [0.5, 0.6) is 0 Å². The summed E-state index contributed by atoms with van der Waals surface area (Å²) in [6.07, 6.45) is -0.0695. The van der Waals surface area contributed by atoms with Gasteiger partial charge in [-0.1, -0.05) is 6.08 Å². The van der Waals surface area contributed by atoms with E-state index in [0.29, 0.717) is 31.7 Å². The van der Waals surface area contributed by atoms with Crippen molar-refractivity contribution in [1.29, 1.82) is 0 Å². The van der Waals surface area contributed by atoms with E-state index in [9.17, 15) is 18.0 Å². The van der Waals surface area contributed by atoms with Crippen molar-refractivity contribution in [3.05, 3.63) is 36.5 Å². The number of hydrogen-bond acceptors (Lipinski definition) is 3. The summed E-state index contributed by atoms with van der Waals surface area (Å²) >= 11 is 0. The molecule has 22 heavy (non-hydrogen) atoms. The molecule has 1 aromatic rings. The molecule has 1 atom stereocenters. The predicted molar refractivity (Wildman–Crippen MR) is 77.4 cm³/mol. The van der Waals surface area contributed by atoms with Gasteiger partial charge in [0, 0.05) is 31.7 Å². The molecule has 4 nitrogen and oxygen atoms in total. The van der Waals surface area contributed by atoms with Gasteiger partial charge < -0.3 is 10.2 Å². The summed E-state index contributed by atoms with van der Waals surface area (Å²) in [5.41, 5.74) is -0.760. The predicted octanol–water partition coefficient (Wildman–Crippen LogP) is 2.76. The number of aromatic nitrogens is 1. The lowest BCUT2D eigenvalue weighted by Crippen LogP contribution is -2.37. The van der Waals surface area contributed by atoms with Crippen molar-refractivity contribution in [1.82, 2.24) is 10.3 Å². The fourth-order valence-corrected chi connectivity index (χ4v) is 2.36. The van der Waals surface area contributed by atoms with Crippen molar-refractivity contribution in [2.45, 2.75) is 31.5 Å². The zero-order chi connectivity index (χ0) is 16.2. The molecule has 2 heterocycles. The minimum Gasteiger partial charge on any atom is -0.354 e. The summed E-state index contributed by atoms with van der Waals surface area (Å²) in [4.78, 5) is 17.4. The molecule has 1 fully saturated rings. The van der Waals surface area contributed by atoms with Crippen LogP contribution in [0.3, 0.4) is 0 Å². The molecule has 2 rings (SSSR count). The molecule has 0 bridgehead atoms. The zero-order valence-electron chi connectivity index (χ0n) is 12.1. The molecule has 0 radical (unpaired) electrons. The first-order valence-electron chi connectivity index (χ1n) is 7.08. The van der Waals surface area contributed by atoms with Crippen LogP contribution in [0.1, 0.15) is 24.8 Å². The molecule has 0 spiro atoms. The Bertz CT molecular complexity index is 528. The monoisotopic (exact) mass is 313 g/mol. The van der Waals surface area contributed by atoms with Crippen LogP contribution in [-0.4, -0.2) is 30.0 Å². The third kappa shape index (κ3) is 4.22. The zero-order valence-corrected chi connectivity index (χ0v) is 12.1. The van der Waals surface area contributed by atoms with Crippen LogP contribution in [0.2, 0.25) is 0 Å². The average Bonchev–Trinajstić information content (AvgIpc) is 2.93. The Morgan fingerprint density at radius 3 is 2.86 bits per heavy atom. The van der Waals surface area contributed by atoms with Crippen LogP contribution in [0.25, 0.3) is 0 Å². The van der Waals surface area contributed by atoms with Gasteiger partial charge in [-0.2, -0.15) is 13.2 Å². The maximum Gasteiger partial charge on any atom is 0.417 e. The Morgan fingerprint density at radius 1 is 1.50 bits per heavy atom. The lowest BCUT2D eigenvalue weighted by Gasteiger charge is -2.18. The van der Waals surface area contributed by atoms with E-state index in [1.807, 2.05) is 4.90 Å². The van der Waals surface area contributed by atoms with Crippen molar-refractivity contribution in [2.24, 2.45) is 0 Å². The maximum atomic E-state index is 12.5. The topological polar surface area (TPSA) is 45.2 Å². The molecule has 0 aromatic carbocycles. The Kier molecular flexibility index (Phi) is 5.05. The van der Waals surface area contributed by atoms with E-state index >= 15 is 0 Å². The summed E-state index contributed by atoms with van der Waals surface area (Å²) in [5, 5.41) is 2.91. The van der Waals surface area contributed by atoms with Crippen LogP contribution < -0.4 is 10.2 Å². The van der Waals surface area contributed by atoms with E-state index in [4.69, 9.17) is 0 Å². The number of nitrogens with one attached hydrogen (secondary N) is 1. The lowest BCUT2D eigenvalue weighted by atomic mass is 10.2. The van der Waals surface area contributed by atoms with Crippen LogP contribution in [-0.2, 0) is 11.0 Å². The van der Waals surface area contributed by atoms with Crippen molar-refractivity contribution in [3.8, 4) is 0 Å². The van der Waals surface area contributed by atoms with Crippen LogP contribution >= 0.6 is 0 Å². The van der Waals surface area contributed by atoms with Gasteiger partial charge in [0.05, 0.1) is 5.56 Å². The fourth-order valence-electron chi connectivity index (χ4n) is 2.36. The maximum absolute atomic E-state index is 12.5. The highest BCUT2D eigenvalue weighted by atomic mass is 19.4. The standard InChI is InChI=1S/C15H18F3N3O/c1-2-3-4-14(22)20-12-7-8-21(10-12)13-6-5-11(9-19-13)15(16,17)18/h2,5-6,9,12H,1,3-4,7-8,10H2,(H,20,22). The molecule has 0 saturated carbocycles. The van der Waals surface area contributed by atoms with Gasteiger partial charge >= 0.3 is 6.18 Å². The number of hydrogen-bond donors (Lipinski definition) is 1. The van der Waals surface area contributed by atoms with Gasteiger partial charge in [-0.25, -0.2) is 4.98 Å². The largest absolute Gasteiger partial charge is 0.417 e. The van der Waals surface area contributed by atoms with Gasteiger partial charge in [0.2, 0.25) is 5.91 Å². The Hall–Kier alpha value is -2.05. The number of carbonyl (C=O) groups excluding carboxylic acids is 1. The van der Waals surface area contributed by atoms with E-state index in [-0.39, 0.29) is 11.9 Å². The van der Waals surface area contributed by atoms with Crippen molar-refractivity contribution >= 4 is 11.7 Å². The Balaban J connectivity index is 1.90. The number of rotatable bonds is 5. The highest BCUT2D eigenvalue weighted by Crippen LogP contribution is 2.29. The smallest absolute Gasteiger partial charge is 0.354 e. The second-order valence-electron chi connectivity index (χ2n) is 5.23. The highest BCUT2D eigenvalue weighted by Gasteiger charge is 2.31. The fraction of sp³-hybridized carbons (Fsp3) is 0.467. The summed E-state index contributed by atoms with van der Waals surface area (Å²) in [7, 11) is 0. The molecule has 1 amide bonds. The number of carbonyl (C=O) groups is 1. The molecule has 7 heteroatoms. The van der Waals surface area contributed by atoms with E-state index in [1.54, 1.807) is 6.08 Å². The van der Waals surface area contributed by atoms with E-state index in [0.717, 1.165) is 18.7 Å². The molecular formula is C15H18F3N3O. The second kappa shape index (κ2) is 6.81. The third-order valence-electron chi connectivity index (χ3n) is 3.53. The number of halogens is 3. The molecular weight excluding hydrogens is 295 g/mol. The summed E-state index contributed by atoms with van der Waals surface area (Å²) in [6, 6.07) is 2.39. The molecule has 1 aliphatic rings. The lowest BCUT2D eigenvalue weighted by molar-refractivity contribution is -0.137. The quantitative estimate of drug-likeness (QED) is 0.850. The minimum atomic E-state index is -4.38. The van der Waals surface area contributed by atoms with Crippen LogP contribution in [0.15, 0.2) is 31.0 Å². The highest BCUT2D eigenvalue weighted by molar-refractivity contribution is 5.76.